The van der Waals surface area contributed by atoms with Gasteiger partial charge in [-0.05, 0) is 129 Å². The van der Waals surface area contributed by atoms with Gasteiger partial charge in [0.1, 0.15) is 23.3 Å². The van der Waals surface area contributed by atoms with Gasteiger partial charge in [0.25, 0.3) is 0 Å². The fourth-order valence-corrected chi connectivity index (χ4v) is 18.0. The van der Waals surface area contributed by atoms with Crippen molar-refractivity contribution >= 4 is 132 Å². The first-order valence-corrected chi connectivity index (χ1v) is 31.8. The first kappa shape index (κ1) is 49.5. The van der Waals surface area contributed by atoms with Crippen LogP contribution in [0.3, 0.4) is 0 Å². The Bertz CT molecular complexity index is 5720. The highest BCUT2D eigenvalue weighted by atomic mass is 32.1. The molecule has 15 aromatic rings. The van der Waals surface area contributed by atoms with Gasteiger partial charge in [-0.25, -0.2) is 0 Å². The quantitative estimate of drug-likeness (QED) is 0.127. The number of aromatic nitrogens is 3. The van der Waals surface area contributed by atoms with Gasteiger partial charge in [0.05, 0.1) is 50.3 Å². The van der Waals surface area contributed by atoms with Gasteiger partial charge in [-0.2, -0.15) is 10.5 Å². The zero-order valence-electron chi connectivity index (χ0n) is 48.3. The average Bonchev–Trinajstić information content (AvgIpc) is 1.51. The summed E-state index contributed by atoms with van der Waals surface area (Å²) >= 11 is 1.92. The summed E-state index contributed by atoms with van der Waals surface area (Å²) in [7, 11) is 0. The van der Waals surface area contributed by atoms with Crippen LogP contribution in [0.15, 0.2) is 218 Å². The number of nitriles is 2. The molecule has 0 radical (unpaired) electrons. The summed E-state index contributed by atoms with van der Waals surface area (Å²) in [6, 6.07) is 77.1. The summed E-state index contributed by atoms with van der Waals surface area (Å²) < 4.78 is 8.44. The number of allylic oxidation sites excluding steroid dienone is 3. The summed E-state index contributed by atoms with van der Waals surface area (Å²) in [5.41, 5.74) is 16.9. The number of fused-ring (bicyclic) bond motifs is 22. The molecular formula is C81H54N6S. The molecule has 88 heavy (non-hydrogen) atoms. The van der Waals surface area contributed by atoms with Crippen molar-refractivity contribution in [2.24, 2.45) is 5.92 Å². The number of hydrogen-bond donors (Lipinski definition) is 0. The lowest BCUT2D eigenvalue weighted by atomic mass is 9.81. The van der Waals surface area contributed by atoms with E-state index in [1.54, 1.807) is 0 Å². The first-order valence-electron chi connectivity index (χ1n) is 31.0. The van der Waals surface area contributed by atoms with Crippen LogP contribution < -0.4 is 4.90 Å². The standard InChI is InChI=1S/C81H54N6S/c1-47-20-18-33-61-57-28-10-16-38-70(57)87(76(47)61)80-65(46-83)78(77(84-66-34-12-6-24-53(66)54-25-7-13-35-67(54)84)64(45-82)79(80)85-68-36-14-8-26-55(68)56-27-9-15-37-69(56)85)86-71-43-42-62-58-29-11-17-39-73(58)88-81(62)75(71)63-41-40-48(44-72(63)86)49-31-19-32-60-52-22-3-2-21-50(52)51-23-4-5-30-59(51)74(49)60/h2-12,14-16,18-19,21-34,36-38,40-44,47,61,76H,13,17,20,35,39H2,1H3. The molecule has 0 bridgehead atoms. The number of para-hydroxylation sites is 4. The Morgan fingerprint density at radius 3 is 1.76 bits per heavy atom. The second-order valence-electron chi connectivity index (χ2n) is 24.6. The van der Waals surface area contributed by atoms with E-state index in [-0.39, 0.29) is 17.9 Å². The van der Waals surface area contributed by atoms with Gasteiger partial charge in [-0.1, -0.05) is 201 Å². The van der Waals surface area contributed by atoms with E-state index in [0.29, 0.717) is 28.2 Å². The second kappa shape index (κ2) is 18.7. The Hall–Kier alpha value is -10.7. The summed E-state index contributed by atoms with van der Waals surface area (Å²) in [5.74, 6) is 0.243. The third-order valence-electron chi connectivity index (χ3n) is 20.2. The Morgan fingerprint density at radius 1 is 0.455 bits per heavy atom. The van der Waals surface area contributed by atoms with Crippen molar-refractivity contribution < 1.29 is 0 Å². The van der Waals surface area contributed by atoms with Crippen LogP contribution in [0.25, 0.3) is 137 Å². The third-order valence-corrected chi connectivity index (χ3v) is 21.5. The van der Waals surface area contributed by atoms with Crippen LogP contribution in [0.5, 0.6) is 0 Å². The molecule has 3 unspecified atom stereocenters. The summed E-state index contributed by atoms with van der Waals surface area (Å²) in [4.78, 5) is 3.92. The molecule has 5 heterocycles. The van der Waals surface area contributed by atoms with Gasteiger partial charge in [0.15, 0.2) is 0 Å². The van der Waals surface area contributed by atoms with E-state index in [4.69, 9.17) is 0 Å². The third kappa shape index (κ3) is 6.58. The summed E-state index contributed by atoms with van der Waals surface area (Å²) in [6.07, 6.45) is 18.5. The van der Waals surface area contributed by atoms with E-state index in [1.807, 2.05) is 11.3 Å². The maximum atomic E-state index is 13.2. The molecule has 7 heteroatoms. The van der Waals surface area contributed by atoms with Gasteiger partial charge < -0.3 is 18.6 Å². The van der Waals surface area contributed by atoms with Gasteiger partial charge in [-0.15, -0.1) is 11.3 Å². The molecule has 4 aliphatic rings. The van der Waals surface area contributed by atoms with Gasteiger partial charge >= 0.3 is 0 Å². The van der Waals surface area contributed by atoms with E-state index >= 15 is 0 Å². The molecule has 6 nitrogen and oxygen atoms in total. The lowest BCUT2D eigenvalue weighted by Gasteiger charge is -2.39. The number of nitrogens with zero attached hydrogens (tertiary/aromatic N) is 6. The van der Waals surface area contributed by atoms with E-state index in [0.717, 1.165) is 120 Å². The molecule has 4 aromatic heterocycles. The van der Waals surface area contributed by atoms with E-state index in [1.165, 1.54) is 58.4 Å². The molecule has 3 atom stereocenters. The second-order valence-corrected chi connectivity index (χ2v) is 25.7. The summed E-state index contributed by atoms with van der Waals surface area (Å²) in [5, 5.41) is 40.3. The molecule has 19 rings (SSSR count). The van der Waals surface area contributed by atoms with Crippen molar-refractivity contribution in [3.63, 3.8) is 0 Å². The zero-order chi connectivity index (χ0) is 58.0. The highest BCUT2D eigenvalue weighted by Gasteiger charge is 2.46. The fourth-order valence-electron chi connectivity index (χ4n) is 16.7. The Labute approximate surface area is 511 Å². The van der Waals surface area contributed by atoms with Gasteiger partial charge in [-0.3, -0.25) is 0 Å². The van der Waals surface area contributed by atoms with Crippen LogP contribution >= 0.6 is 11.3 Å². The maximum Gasteiger partial charge on any atom is 0.104 e. The van der Waals surface area contributed by atoms with E-state index in [2.05, 4.69) is 268 Å². The van der Waals surface area contributed by atoms with Crippen LogP contribution in [0.1, 0.15) is 70.5 Å². The van der Waals surface area contributed by atoms with E-state index in [9.17, 15) is 10.5 Å². The van der Waals surface area contributed by atoms with Crippen molar-refractivity contribution in [3.05, 3.63) is 257 Å². The lowest BCUT2D eigenvalue weighted by Crippen LogP contribution is -2.38. The molecule has 1 aliphatic heterocycles. The zero-order valence-corrected chi connectivity index (χ0v) is 49.1. The number of anilines is 2. The van der Waals surface area contributed by atoms with Crippen LogP contribution in [0.4, 0.5) is 11.4 Å². The minimum absolute atomic E-state index is 0.0512. The molecule has 0 saturated heterocycles. The fraction of sp³-hybridized carbons (Fsp3) is 0.111. The van der Waals surface area contributed by atoms with Crippen LogP contribution in [0.2, 0.25) is 0 Å². The number of thiophene rings is 1. The lowest BCUT2D eigenvalue weighted by molar-refractivity contribution is 0.424. The molecule has 11 aromatic carbocycles. The molecule has 414 valence electrons. The molecule has 0 N–H and O–H groups in total. The minimum Gasteiger partial charge on any atom is -0.334 e. The highest BCUT2D eigenvalue weighted by Crippen LogP contribution is 2.57. The molecule has 3 aliphatic carbocycles. The Morgan fingerprint density at radius 2 is 1.02 bits per heavy atom. The molecule has 0 fully saturated rings. The first-order chi connectivity index (χ1) is 43.6. The van der Waals surface area contributed by atoms with E-state index < -0.39 is 0 Å². The van der Waals surface area contributed by atoms with Crippen molar-refractivity contribution in [1.29, 1.82) is 10.5 Å². The average molecular weight is 1140 g/mol. The normalized spacial score (nSPS) is 16.9. The van der Waals surface area contributed by atoms with Crippen LogP contribution in [-0.2, 0) is 12.8 Å². The van der Waals surface area contributed by atoms with Crippen molar-refractivity contribution in [2.45, 2.75) is 51.0 Å². The smallest absolute Gasteiger partial charge is 0.104 e. The number of rotatable bonds is 5. The van der Waals surface area contributed by atoms with Crippen molar-refractivity contribution in [1.82, 2.24) is 13.7 Å². The highest BCUT2D eigenvalue weighted by molar-refractivity contribution is 7.20. The molecule has 0 spiro atoms. The maximum absolute atomic E-state index is 13.2. The predicted molar refractivity (Wildman–Crippen MR) is 367 cm³/mol. The van der Waals surface area contributed by atoms with Crippen molar-refractivity contribution in [3.8, 4) is 40.3 Å². The Kier molecular flexibility index (Phi) is 10.5. The molecule has 0 amide bonds. The van der Waals surface area contributed by atoms with Crippen LogP contribution in [0, 0.1) is 28.6 Å². The summed E-state index contributed by atoms with van der Waals surface area (Å²) in [6.45, 7) is 2.37. The topological polar surface area (TPSA) is 65.6 Å². The van der Waals surface area contributed by atoms with Gasteiger partial charge in [0.2, 0.25) is 0 Å². The number of hydrogen-bond acceptors (Lipinski definition) is 4. The van der Waals surface area contributed by atoms with Gasteiger partial charge in [0, 0.05) is 70.8 Å². The molecular weight excluding hydrogens is 1090 g/mol. The van der Waals surface area contributed by atoms with Crippen LogP contribution in [-0.4, -0.2) is 19.7 Å². The largest absolute Gasteiger partial charge is 0.334 e. The monoisotopic (exact) mass is 1140 g/mol. The SMILES string of the molecule is CC1CC=CC2c3ccccc3N(c3c(C#N)c(-n4c5cc(-c6cccc7c8ccccc8c8ccccc8c67)ccc5c5c6sc7c(c6ccc54)C=CCC7)c(-n4c5c(c6ccccc64)C=CCC5)c(C#N)c3-n3c4ccccc4c4ccccc43)C12. The predicted octanol–water partition coefficient (Wildman–Crippen LogP) is 21.0. The van der Waals surface area contributed by atoms with Crippen molar-refractivity contribution in [2.75, 3.05) is 4.90 Å². The minimum atomic E-state index is -0.0657. The molecule has 0 saturated carbocycles. The number of benzene rings is 11. The number of aryl methyl sites for hydroxylation is 1. The Balaban J connectivity index is 1.05.